The molecule has 0 fully saturated rings. The summed E-state index contributed by atoms with van der Waals surface area (Å²) < 4.78 is 24.1. The van der Waals surface area contributed by atoms with Gasteiger partial charge in [-0.25, -0.2) is 4.39 Å². The Kier molecular flexibility index (Phi) is 7.47. The summed E-state index contributed by atoms with van der Waals surface area (Å²) in [4.78, 5) is 17.1. The minimum atomic E-state index is -0.270. The minimum absolute atomic E-state index is 0.107. The van der Waals surface area contributed by atoms with Gasteiger partial charge in [-0.1, -0.05) is 0 Å². The number of aromatic nitrogens is 1. The Morgan fingerprint density at radius 2 is 1.83 bits per heavy atom. The second-order valence-corrected chi connectivity index (χ2v) is 7.28. The van der Waals surface area contributed by atoms with Gasteiger partial charge in [0.05, 0.1) is 7.11 Å². The van der Waals surface area contributed by atoms with E-state index in [9.17, 15) is 9.18 Å². The molecule has 5 nitrogen and oxygen atoms in total. The van der Waals surface area contributed by atoms with Crippen molar-refractivity contribution in [2.75, 3.05) is 18.2 Å². The third kappa shape index (κ3) is 6.50. The maximum atomic E-state index is 12.9. The fraction of sp³-hybridized carbons (Fsp3) is 0.182. The summed E-state index contributed by atoms with van der Waals surface area (Å²) in [5.41, 5.74) is 1.61. The van der Waals surface area contributed by atoms with Crippen molar-refractivity contribution >= 4 is 23.4 Å². The first kappa shape index (κ1) is 20.7. The highest BCUT2D eigenvalue weighted by Crippen LogP contribution is 2.31. The first-order chi connectivity index (χ1) is 14.1. The number of anilines is 1. The number of thioether (sulfide) groups is 1. The normalized spacial score (nSPS) is 10.4. The SMILES string of the molecule is COc1ccc(NC(=O)CCSc2ccc(F)cc2)cc1OCc1ccncc1. The molecule has 1 amide bonds. The number of hydrogen-bond acceptors (Lipinski definition) is 5. The maximum Gasteiger partial charge on any atom is 0.225 e. The molecule has 150 valence electrons. The van der Waals surface area contributed by atoms with E-state index in [1.807, 2.05) is 12.1 Å². The molecule has 0 unspecified atom stereocenters. The zero-order valence-electron chi connectivity index (χ0n) is 15.9. The van der Waals surface area contributed by atoms with Crippen molar-refractivity contribution in [3.05, 3.63) is 78.4 Å². The standard InChI is InChI=1S/C22H21FN2O3S/c1-27-20-7-4-18(14-21(20)28-15-16-8-11-24-12-9-16)25-22(26)10-13-29-19-5-2-17(23)3-6-19/h2-9,11-12,14H,10,13,15H2,1H3,(H,25,26). The zero-order chi connectivity index (χ0) is 20.5. The molecule has 0 saturated heterocycles. The molecule has 2 aromatic carbocycles. The number of carbonyl (C=O) groups excluding carboxylic acids is 1. The number of rotatable bonds is 9. The van der Waals surface area contributed by atoms with Gasteiger partial charge in [0.25, 0.3) is 0 Å². The lowest BCUT2D eigenvalue weighted by Gasteiger charge is -2.13. The van der Waals surface area contributed by atoms with Gasteiger partial charge < -0.3 is 14.8 Å². The molecule has 1 aromatic heterocycles. The van der Waals surface area contributed by atoms with Gasteiger partial charge in [-0.05, 0) is 54.1 Å². The fourth-order valence-corrected chi connectivity index (χ4v) is 3.37. The third-order valence-corrected chi connectivity index (χ3v) is 5.02. The second-order valence-electron chi connectivity index (χ2n) is 6.11. The molecule has 0 spiro atoms. The lowest BCUT2D eigenvalue weighted by molar-refractivity contribution is -0.115. The van der Waals surface area contributed by atoms with Crippen LogP contribution < -0.4 is 14.8 Å². The number of nitrogens with one attached hydrogen (secondary N) is 1. The van der Waals surface area contributed by atoms with Crippen LogP contribution in [0.4, 0.5) is 10.1 Å². The van der Waals surface area contributed by atoms with Crippen LogP contribution in [0.3, 0.4) is 0 Å². The molecule has 3 rings (SSSR count). The quantitative estimate of drug-likeness (QED) is 0.505. The first-order valence-electron chi connectivity index (χ1n) is 9.02. The van der Waals surface area contributed by atoms with Crippen LogP contribution in [0.25, 0.3) is 0 Å². The van der Waals surface area contributed by atoms with E-state index in [1.54, 1.807) is 49.8 Å². The number of methoxy groups -OCH3 is 1. The molecule has 0 atom stereocenters. The molecular weight excluding hydrogens is 391 g/mol. The Morgan fingerprint density at radius 1 is 1.07 bits per heavy atom. The number of carbonyl (C=O) groups is 1. The molecule has 0 aliphatic rings. The van der Waals surface area contributed by atoms with Gasteiger partial charge in [-0.15, -0.1) is 11.8 Å². The van der Waals surface area contributed by atoms with E-state index in [1.165, 1.54) is 23.9 Å². The number of ether oxygens (including phenoxy) is 2. The first-order valence-corrected chi connectivity index (χ1v) is 10.0. The smallest absolute Gasteiger partial charge is 0.225 e. The van der Waals surface area contributed by atoms with Crippen molar-refractivity contribution in [1.29, 1.82) is 0 Å². The van der Waals surface area contributed by atoms with Crippen molar-refractivity contribution in [2.45, 2.75) is 17.9 Å². The highest BCUT2D eigenvalue weighted by molar-refractivity contribution is 7.99. The van der Waals surface area contributed by atoms with Gasteiger partial charge in [0, 0.05) is 41.2 Å². The van der Waals surface area contributed by atoms with E-state index in [2.05, 4.69) is 10.3 Å². The molecule has 0 aliphatic carbocycles. The predicted molar refractivity (Wildman–Crippen MR) is 112 cm³/mol. The van der Waals surface area contributed by atoms with E-state index in [0.29, 0.717) is 36.0 Å². The molecule has 0 radical (unpaired) electrons. The largest absolute Gasteiger partial charge is 0.493 e. The van der Waals surface area contributed by atoms with Crippen molar-refractivity contribution in [2.24, 2.45) is 0 Å². The number of nitrogens with zero attached hydrogens (tertiary/aromatic N) is 1. The van der Waals surface area contributed by atoms with Crippen molar-refractivity contribution < 1.29 is 18.7 Å². The van der Waals surface area contributed by atoms with Crippen molar-refractivity contribution in [3.63, 3.8) is 0 Å². The fourth-order valence-electron chi connectivity index (χ4n) is 2.52. The van der Waals surface area contributed by atoms with Crippen LogP contribution in [0.15, 0.2) is 71.9 Å². The van der Waals surface area contributed by atoms with Gasteiger partial charge in [0.1, 0.15) is 12.4 Å². The van der Waals surface area contributed by atoms with Crippen LogP contribution in [-0.2, 0) is 11.4 Å². The van der Waals surface area contributed by atoms with E-state index in [-0.39, 0.29) is 11.7 Å². The number of pyridine rings is 1. The third-order valence-electron chi connectivity index (χ3n) is 4.00. The van der Waals surface area contributed by atoms with Crippen molar-refractivity contribution in [1.82, 2.24) is 4.98 Å². The monoisotopic (exact) mass is 412 g/mol. The molecular formula is C22H21FN2O3S. The second kappa shape index (κ2) is 10.5. The molecule has 0 saturated carbocycles. The van der Waals surface area contributed by atoms with E-state index in [0.717, 1.165) is 10.5 Å². The number of halogens is 1. The van der Waals surface area contributed by atoms with Crippen LogP contribution in [0.2, 0.25) is 0 Å². The Bertz CT molecular complexity index is 937. The van der Waals surface area contributed by atoms with E-state index in [4.69, 9.17) is 9.47 Å². The van der Waals surface area contributed by atoms with Crippen molar-refractivity contribution in [3.8, 4) is 11.5 Å². The Hall–Kier alpha value is -3.06. The number of amides is 1. The summed E-state index contributed by atoms with van der Waals surface area (Å²) >= 11 is 1.51. The van der Waals surface area contributed by atoms with Crippen LogP contribution in [0.5, 0.6) is 11.5 Å². The summed E-state index contributed by atoms with van der Waals surface area (Å²) in [6.45, 7) is 0.366. The molecule has 29 heavy (non-hydrogen) atoms. The molecule has 7 heteroatoms. The number of benzene rings is 2. The van der Waals surface area contributed by atoms with E-state index >= 15 is 0 Å². The van der Waals surface area contributed by atoms with Gasteiger partial charge in [0.2, 0.25) is 5.91 Å². The lowest BCUT2D eigenvalue weighted by atomic mass is 10.2. The molecule has 1 heterocycles. The van der Waals surface area contributed by atoms with Gasteiger partial charge >= 0.3 is 0 Å². The summed E-state index contributed by atoms with van der Waals surface area (Å²) in [6.07, 6.45) is 3.74. The van der Waals surface area contributed by atoms with Gasteiger partial charge in [-0.3, -0.25) is 9.78 Å². The predicted octanol–water partition coefficient (Wildman–Crippen LogP) is 4.93. The van der Waals surface area contributed by atoms with Crippen LogP contribution >= 0.6 is 11.8 Å². The van der Waals surface area contributed by atoms with Crippen LogP contribution in [-0.4, -0.2) is 23.8 Å². The topological polar surface area (TPSA) is 60.5 Å². The summed E-state index contributed by atoms with van der Waals surface area (Å²) in [6, 6.07) is 15.2. The molecule has 1 N–H and O–H groups in total. The maximum absolute atomic E-state index is 12.9. The van der Waals surface area contributed by atoms with E-state index < -0.39 is 0 Å². The van der Waals surface area contributed by atoms with Crippen LogP contribution in [0.1, 0.15) is 12.0 Å². The number of hydrogen-bond donors (Lipinski definition) is 1. The average molecular weight is 412 g/mol. The minimum Gasteiger partial charge on any atom is -0.493 e. The van der Waals surface area contributed by atoms with Crippen LogP contribution in [0, 0.1) is 5.82 Å². The lowest BCUT2D eigenvalue weighted by Crippen LogP contribution is -2.12. The summed E-state index contributed by atoms with van der Waals surface area (Å²) in [5.74, 6) is 1.35. The summed E-state index contributed by atoms with van der Waals surface area (Å²) in [7, 11) is 1.57. The van der Waals surface area contributed by atoms with Gasteiger partial charge in [0.15, 0.2) is 11.5 Å². The Balaban J connectivity index is 1.54. The summed E-state index contributed by atoms with van der Waals surface area (Å²) in [5, 5.41) is 2.87. The average Bonchev–Trinajstić information content (AvgIpc) is 2.74. The zero-order valence-corrected chi connectivity index (χ0v) is 16.7. The van der Waals surface area contributed by atoms with Gasteiger partial charge in [-0.2, -0.15) is 0 Å². The molecule has 3 aromatic rings. The molecule has 0 bridgehead atoms. The Labute approximate surface area is 173 Å². The highest BCUT2D eigenvalue weighted by Gasteiger charge is 2.09. The highest BCUT2D eigenvalue weighted by atomic mass is 32.2. The molecule has 0 aliphatic heterocycles. The Morgan fingerprint density at radius 3 is 2.55 bits per heavy atom.